The summed E-state index contributed by atoms with van der Waals surface area (Å²) in [6.45, 7) is 0. The molecular formula is C49H37NOS. The molecule has 0 saturated carbocycles. The van der Waals surface area contributed by atoms with Crippen LogP contribution in [0, 0.1) is 0 Å². The lowest BCUT2D eigenvalue weighted by Crippen LogP contribution is -2.18. The van der Waals surface area contributed by atoms with E-state index in [1.54, 1.807) is 0 Å². The van der Waals surface area contributed by atoms with Crippen molar-refractivity contribution in [3.05, 3.63) is 174 Å². The molecule has 0 bridgehead atoms. The van der Waals surface area contributed by atoms with Gasteiger partial charge in [0, 0.05) is 43.0 Å². The summed E-state index contributed by atoms with van der Waals surface area (Å²) in [5.41, 5.74) is 16.6. The van der Waals surface area contributed by atoms with Crippen LogP contribution in [0.15, 0.2) is 172 Å². The van der Waals surface area contributed by atoms with Gasteiger partial charge < -0.3 is 9.32 Å². The molecule has 0 fully saturated rings. The van der Waals surface area contributed by atoms with Crippen molar-refractivity contribution in [2.75, 3.05) is 17.4 Å². The fourth-order valence-corrected chi connectivity index (χ4v) is 11.7. The SMILES string of the molecule is CS1(C)c2ccccc2-c2ccc(N(C3=CC=C(c4ccccc4)CC3)c3ccc4c(c3)Cc3ccc5oc6c7ccccc7ccc6c5c3-4)cc21. The van der Waals surface area contributed by atoms with Crippen LogP contribution >= 0.6 is 10.0 Å². The second kappa shape index (κ2) is 11.1. The molecule has 0 N–H and O–H groups in total. The fraction of sp³-hybridized carbons (Fsp3) is 0.102. The molecule has 250 valence electrons. The van der Waals surface area contributed by atoms with E-state index >= 15 is 0 Å². The average Bonchev–Trinajstić information content (AvgIpc) is 3.83. The van der Waals surface area contributed by atoms with E-state index in [0.717, 1.165) is 30.4 Å². The van der Waals surface area contributed by atoms with Gasteiger partial charge in [0.25, 0.3) is 0 Å². The van der Waals surface area contributed by atoms with Gasteiger partial charge in [-0.1, -0.05) is 103 Å². The van der Waals surface area contributed by atoms with Crippen LogP contribution in [-0.4, -0.2) is 12.5 Å². The first-order chi connectivity index (χ1) is 25.5. The lowest BCUT2D eigenvalue weighted by Gasteiger charge is -2.33. The Kier molecular flexibility index (Phi) is 6.39. The van der Waals surface area contributed by atoms with Gasteiger partial charge in [-0.15, -0.1) is 0 Å². The van der Waals surface area contributed by atoms with Gasteiger partial charge in [0.05, 0.1) is 0 Å². The Morgan fingerprint density at radius 1 is 0.577 bits per heavy atom. The van der Waals surface area contributed by atoms with Gasteiger partial charge in [0.1, 0.15) is 11.2 Å². The van der Waals surface area contributed by atoms with Gasteiger partial charge in [-0.2, -0.15) is 10.0 Å². The standard InChI is InChI=1S/C49H37NOS/c1-52(2)45-15-9-8-14-41(45)42-26-23-38(30-46(42)52)50(36-20-16-32(17-21-36)31-10-4-3-5-11-31)37-22-25-39-35(29-37)28-34-19-27-44-48(47(34)39)43-24-18-33-12-6-7-13-40(33)49(43)51-44/h3-16,18-20,22-27,29-30H,17,21,28H2,1-2H3. The quantitative estimate of drug-likeness (QED) is 0.183. The molecule has 8 aromatic rings. The summed E-state index contributed by atoms with van der Waals surface area (Å²) >= 11 is 0. The topological polar surface area (TPSA) is 16.4 Å². The molecule has 0 spiro atoms. The number of hydrogen-bond donors (Lipinski definition) is 0. The molecule has 2 nitrogen and oxygen atoms in total. The molecule has 2 heterocycles. The zero-order valence-electron chi connectivity index (χ0n) is 29.3. The third-order valence-electron chi connectivity index (χ3n) is 11.7. The first-order valence-corrected chi connectivity index (χ1v) is 20.7. The maximum atomic E-state index is 6.60. The molecule has 0 radical (unpaired) electrons. The molecule has 1 aliphatic heterocycles. The minimum Gasteiger partial charge on any atom is -0.455 e. The van der Waals surface area contributed by atoms with Crippen molar-refractivity contribution < 1.29 is 4.42 Å². The number of anilines is 2. The van der Waals surface area contributed by atoms with E-state index < -0.39 is 10.0 Å². The van der Waals surface area contributed by atoms with E-state index in [2.05, 4.69) is 169 Å². The minimum atomic E-state index is -1.14. The summed E-state index contributed by atoms with van der Waals surface area (Å²) in [6, 6.07) is 51.7. The first-order valence-electron chi connectivity index (χ1n) is 18.2. The van der Waals surface area contributed by atoms with E-state index in [1.165, 1.54) is 92.9 Å². The Labute approximate surface area is 305 Å². The van der Waals surface area contributed by atoms with E-state index in [9.17, 15) is 0 Å². The lowest BCUT2D eigenvalue weighted by atomic mass is 9.94. The Morgan fingerprint density at radius 3 is 2.21 bits per heavy atom. The summed E-state index contributed by atoms with van der Waals surface area (Å²) in [5, 5.41) is 4.81. The molecule has 0 amide bonds. The first kappa shape index (κ1) is 29.9. The predicted octanol–water partition coefficient (Wildman–Crippen LogP) is 13.7. The molecule has 0 atom stereocenters. The van der Waals surface area contributed by atoms with Crippen LogP contribution in [0.2, 0.25) is 0 Å². The van der Waals surface area contributed by atoms with Crippen molar-refractivity contribution in [3.8, 4) is 22.3 Å². The third-order valence-corrected chi connectivity index (χ3v) is 14.6. The van der Waals surface area contributed by atoms with Crippen molar-refractivity contribution in [3.63, 3.8) is 0 Å². The van der Waals surface area contributed by atoms with Crippen molar-refractivity contribution in [1.82, 2.24) is 0 Å². The largest absolute Gasteiger partial charge is 0.455 e. The Hall–Kier alpha value is -5.77. The van der Waals surface area contributed by atoms with Crippen molar-refractivity contribution >= 4 is 59.7 Å². The molecule has 1 aromatic heterocycles. The normalized spacial score (nSPS) is 15.9. The van der Waals surface area contributed by atoms with E-state index in [-0.39, 0.29) is 0 Å². The third kappa shape index (κ3) is 4.33. The summed E-state index contributed by atoms with van der Waals surface area (Å²) in [6.07, 6.45) is 12.5. The lowest BCUT2D eigenvalue weighted by molar-refractivity contribution is 0.672. The highest BCUT2D eigenvalue weighted by molar-refractivity contribution is 8.33. The van der Waals surface area contributed by atoms with Crippen molar-refractivity contribution in [2.45, 2.75) is 29.1 Å². The van der Waals surface area contributed by atoms with Crippen molar-refractivity contribution in [2.24, 2.45) is 0 Å². The Bertz CT molecular complexity index is 2850. The number of allylic oxidation sites excluding steroid dienone is 4. The molecule has 52 heavy (non-hydrogen) atoms. The van der Waals surface area contributed by atoms with E-state index in [4.69, 9.17) is 4.42 Å². The van der Waals surface area contributed by atoms with Crippen LogP contribution in [0.4, 0.5) is 11.4 Å². The number of nitrogens with zero attached hydrogens (tertiary/aromatic N) is 1. The van der Waals surface area contributed by atoms with Crippen LogP contribution < -0.4 is 4.90 Å². The van der Waals surface area contributed by atoms with Crippen LogP contribution in [0.5, 0.6) is 0 Å². The van der Waals surface area contributed by atoms with Gasteiger partial charge in [0.2, 0.25) is 0 Å². The molecule has 3 aliphatic rings. The Morgan fingerprint density at radius 2 is 1.35 bits per heavy atom. The summed E-state index contributed by atoms with van der Waals surface area (Å²) < 4.78 is 6.60. The van der Waals surface area contributed by atoms with E-state index in [0.29, 0.717) is 0 Å². The molecule has 7 aromatic carbocycles. The van der Waals surface area contributed by atoms with Crippen LogP contribution in [0.3, 0.4) is 0 Å². The molecule has 0 unspecified atom stereocenters. The van der Waals surface area contributed by atoms with Crippen LogP contribution in [0.25, 0.3) is 60.5 Å². The zero-order chi connectivity index (χ0) is 34.6. The van der Waals surface area contributed by atoms with Crippen molar-refractivity contribution in [1.29, 1.82) is 0 Å². The van der Waals surface area contributed by atoms with Gasteiger partial charge in [-0.25, -0.2) is 0 Å². The summed E-state index contributed by atoms with van der Waals surface area (Å²) in [4.78, 5) is 5.50. The van der Waals surface area contributed by atoms with E-state index in [1.807, 2.05) is 0 Å². The van der Waals surface area contributed by atoms with Gasteiger partial charge in [-0.3, -0.25) is 0 Å². The average molecular weight is 688 g/mol. The highest BCUT2D eigenvalue weighted by atomic mass is 32.3. The maximum absolute atomic E-state index is 6.60. The summed E-state index contributed by atoms with van der Waals surface area (Å²) in [5.74, 6) is 0. The predicted molar refractivity (Wildman–Crippen MR) is 221 cm³/mol. The van der Waals surface area contributed by atoms with Gasteiger partial charge in [-0.05, 0) is 130 Å². The molecule has 2 aliphatic carbocycles. The number of benzene rings is 7. The van der Waals surface area contributed by atoms with Gasteiger partial charge >= 0.3 is 0 Å². The fourth-order valence-electron chi connectivity index (χ4n) is 9.14. The monoisotopic (exact) mass is 687 g/mol. The zero-order valence-corrected chi connectivity index (χ0v) is 30.1. The smallest absolute Gasteiger partial charge is 0.143 e. The highest BCUT2D eigenvalue weighted by Gasteiger charge is 2.33. The van der Waals surface area contributed by atoms with Gasteiger partial charge in [0.15, 0.2) is 0 Å². The van der Waals surface area contributed by atoms with Crippen LogP contribution in [0.1, 0.15) is 29.5 Å². The molecule has 0 saturated heterocycles. The molecule has 11 rings (SSSR count). The minimum absolute atomic E-state index is 0.913. The Balaban J connectivity index is 1.06. The number of rotatable bonds is 4. The number of hydrogen-bond acceptors (Lipinski definition) is 2. The maximum Gasteiger partial charge on any atom is 0.143 e. The van der Waals surface area contributed by atoms with Crippen LogP contribution in [-0.2, 0) is 6.42 Å². The molecular weight excluding hydrogens is 651 g/mol. The highest BCUT2D eigenvalue weighted by Crippen LogP contribution is 2.67. The number of fused-ring (bicyclic) bond motifs is 12. The second-order valence-electron chi connectivity index (χ2n) is 14.8. The molecule has 3 heteroatoms. The number of furan rings is 1. The second-order valence-corrected chi connectivity index (χ2v) is 18.3. The summed E-state index contributed by atoms with van der Waals surface area (Å²) in [7, 11) is -1.14.